The van der Waals surface area contributed by atoms with E-state index in [1.165, 1.54) is 38.5 Å². The minimum Gasteiger partial charge on any atom is -0.444 e. The van der Waals surface area contributed by atoms with Gasteiger partial charge in [-0.05, 0) is 37.1 Å². The lowest BCUT2D eigenvalue weighted by atomic mass is 10.1. The minimum atomic E-state index is 0.639. The Bertz CT molecular complexity index is 556. The molecule has 3 rings (SSSR count). The van der Waals surface area contributed by atoms with Crippen molar-refractivity contribution in [3.05, 3.63) is 40.7 Å². The summed E-state index contributed by atoms with van der Waals surface area (Å²) in [5.74, 6) is 0.695. The lowest BCUT2D eigenvalue weighted by Gasteiger charge is -2.14. The number of aromatic nitrogens is 1. The van der Waals surface area contributed by atoms with E-state index in [4.69, 9.17) is 4.42 Å². The van der Waals surface area contributed by atoms with Crippen LogP contribution in [0.5, 0.6) is 0 Å². The number of nitrogens with zero attached hydrogens (tertiary/aromatic N) is 1. The van der Waals surface area contributed by atoms with Gasteiger partial charge in [0, 0.05) is 22.6 Å². The third kappa shape index (κ3) is 4.17. The Morgan fingerprint density at radius 2 is 1.81 bits per heavy atom. The van der Waals surface area contributed by atoms with Crippen molar-refractivity contribution < 1.29 is 4.42 Å². The van der Waals surface area contributed by atoms with Crippen LogP contribution in [0.25, 0.3) is 11.5 Å². The van der Waals surface area contributed by atoms with Crippen LogP contribution < -0.4 is 5.32 Å². The highest BCUT2D eigenvalue weighted by Crippen LogP contribution is 2.22. The summed E-state index contributed by atoms with van der Waals surface area (Å²) in [6.07, 6.45) is 9.81. The summed E-state index contributed by atoms with van der Waals surface area (Å²) in [6, 6.07) is 8.67. The Kier molecular flexibility index (Phi) is 5.09. The Labute approximate surface area is 134 Å². The van der Waals surface area contributed by atoms with E-state index in [0.29, 0.717) is 11.9 Å². The summed E-state index contributed by atoms with van der Waals surface area (Å²) in [6.45, 7) is 0.796. The fraction of sp³-hybridized carbons (Fsp3) is 0.471. The molecule has 3 nitrogen and oxygen atoms in total. The van der Waals surface area contributed by atoms with E-state index in [9.17, 15) is 0 Å². The van der Waals surface area contributed by atoms with E-state index in [1.54, 1.807) is 6.26 Å². The average molecular weight is 349 g/mol. The molecule has 0 radical (unpaired) electrons. The molecule has 2 aromatic rings. The maximum Gasteiger partial charge on any atom is 0.226 e. The molecular weight excluding hydrogens is 328 g/mol. The van der Waals surface area contributed by atoms with Crippen molar-refractivity contribution in [3.63, 3.8) is 0 Å². The Morgan fingerprint density at radius 1 is 1.10 bits per heavy atom. The number of nitrogens with one attached hydrogen (secondary N) is 1. The van der Waals surface area contributed by atoms with Crippen molar-refractivity contribution in [3.8, 4) is 11.5 Å². The van der Waals surface area contributed by atoms with Crippen molar-refractivity contribution in [2.45, 2.75) is 51.1 Å². The molecule has 0 aliphatic heterocycles. The second kappa shape index (κ2) is 7.23. The zero-order chi connectivity index (χ0) is 14.5. The molecule has 1 saturated carbocycles. The summed E-state index contributed by atoms with van der Waals surface area (Å²) >= 11 is 3.44. The van der Waals surface area contributed by atoms with Crippen LogP contribution in [0.1, 0.15) is 44.2 Å². The second-order valence-corrected chi connectivity index (χ2v) is 6.64. The standard InChI is InChI=1S/C17H21BrN2O/c18-14-9-7-13(8-10-14)17-20-16(12-21-17)11-19-15-5-3-1-2-4-6-15/h7-10,12,15,19H,1-6,11H2. The lowest BCUT2D eigenvalue weighted by Crippen LogP contribution is -2.27. The molecule has 0 saturated heterocycles. The second-order valence-electron chi connectivity index (χ2n) is 5.72. The number of rotatable bonds is 4. The van der Waals surface area contributed by atoms with E-state index in [2.05, 4.69) is 26.2 Å². The first-order chi connectivity index (χ1) is 10.3. The van der Waals surface area contributed by atoms with E-state index >= 15 is 0 Å². The first-order valence-corrected chi connectivity index (χ1v) is 8.54. The molecule has 0 unspecified atom stereocenters. The van der Waals surface area contributed by atoms with Gasteiger partial charge in [-0.2, -0.15) is 0 Å². The van der Waals surface area contributed by atoms with Crippen molar-refractivity contribution in [2.24, 2.45) is 0 Å². The van der Waals surface area contributed by atoms with Gasteiger partial charge in [-0.3, -0.25) is 0 Å². The van der Waals surface area contributed by atoms with Gasteiger partial charge in [0.1, 0.15) is 6.26 Å². The minimum absolute atomic E-state index is 0.639. The van der Waals surface area contributed by atoms with E-state index in [1.807, 2.05) is 24.3 Å². The van der Waals surface area contributed by atoms with Gasteiger partial charge in [0.2, 0.25) is 5.89 Å². The molecule has 4 heteroatoms. The summed E-state index contributed by atoms with van der Waals surface area (Å²) < 4.78 is 6.65. The highest BCUT2D eigenvalue weighted by atomic mass is 79.9. The van der Waals surface area contributed by atoms with Crippen molar-refractivity contribution >= 4 is 15.9 Å². The summed E-state index contributed by atoms with van der Waals surface area (Å²) in [5, 5.41) is 3.62. The van der Waals surface area contributed by atoms with Crippen LogP contribution in [-0.2, 0) is 6.54 Å². The van der Waals surface area contributed by atoms with Crippen LogP contribution in [0, 0.1) is 0 Å². The zero-order valence-electron chi connectivity index (χ0n) is 12.1. The van der Waals surface area contributed by atoms with Crippen LogP contribution in [0.4, 0.5) is 0 Å². The normalized spacial score (nSPS) is 16.8. The largest absolute Gasteiger partial charge is 0.444 e. The molecule has 21 heavy (non-hydrogen) atoms. The Balaban J connectivity index is 1.58. The SMILES string of the molecule is Brc1ccc(-c2nc(CNC3CCCCCC3)co2)cc1. The van der Waals surface area contributed by atoms with Crippen molar-refractivity contribution in [2.75, 3.05) is 0 Å². The van der Waals surface area contributed by atoms with Crippen LogP contribution in [0.2, 0.25) is 0 Å². The zero-order valence-corrected chi connectivity index (χ0v) is 13.7. The van der Waals surface area contributed by atoms with Crippen molar-refractivity contribution in [1.82, 2.24) is 10.3 Å². The van der Waals surface area contributed by atoms with Gasteiger partial charge < -0.3 is 9.73 Å². The molecule has 0 bridgehead atoms. The summed E-state index contributed by atoms with van der Waals surface area (Å²) in [4.78, 5) is 4.57. The maximum absolute atomic E-state index is 5.59. The molecule has 1 heterocycles. The van der Waals surface area contributed by atoms with Gasteiger partial charge >= 0.3 is 0 Å². The van der Waals surface area contributed by atoms with Gasteiger partial charge in [-0.25, -0.2) is 4.98 Å². The molecule has 112 valence electrons. The first-order valence-electron chi connectivity index (χ1n) is 7.75. The van der Waals surface area contributed by atoms with Crippen molar-refractivity contribution in [1.29, 1.82) is 0 Å². The van der Waals surface area contributed by atoms with Crippen LogP contribution in [0.3, 0.4) is 0 Å². The molecule has 1 aromatic heterocycles. The van der Waals surface area contributed by atoms with Crippen LogP contribution >= 0.6 is 15.9 Å². The molecule has 1 aromatic carbocycles. The molecular formula is C17H21BrN2O. The van der Waals surface area contributed by atoms with Crippen LogP contribution in [0.15, 0.2) is 39.4 Å². The Hall–Kier alpha value is -1.13. The predicted octanol–water partition coefficient (Wildman–Crippen LogP) is 4.92. The predicted molar refractivity (Wildman–Crippen MR) is 88.0 cm³/mol. The van der Waals surface area contributed by atoms with E-state index in [-0.39, 0.29) is 0 Å². The lowest BCUT2D eigenvalue weighted by molar-refractivity contribution is 0.455. The van der Waals surface area contributed by atoms with Gasteiger partial charge in [-0.15, -0.1) is 0 Å². The molecule has 0 spiro atoms. The fourth-order valence-corrected chi connectivity index (χ4v) is 3.11. The van der Waals surface area contributed by atoms with Crippen LogP contribution in [-0.4, -0.2) is 11.0 Å². The summed E-state index contributed by atoms with van der Waals surface area (Å²) in [5.41, 5.74) is 2.00. The van der Waals surface area contributed by atoms with Gasteiger partial charge in [-0.1, -0.05) is 41.6 Å². The van der Waals surface area contributed by atoms with E-state index in [0.717, 1.165) is 22.3 Å². The molecule has 1 aliphatic rings. The number of hydrogen-bond acceptors (Lipinski definition) is 3. The summed E-state index contributed by atoms with van der Waals surface area (Å²) in [7, 11) is 0. The quantitative estimate of drug-likeness (QED) is 0.797. The number of benzene rings is 1. The molecule has 0 amide bonds. The topological polar surface area (TPSA) is 38.1 Å². The number of oxazole rings is 1. The van der Waals surface area contributed by atoms with Gasteiger partial charge in [0.05, 0.1) is 5.69 Å². The van der Waals surface area contributed by atoms with E-state index < -0.39 is 0 Å². The third-order valence-corrected chi connectivity index (χ3v) is 4.60. The molecule has 1 aliphatic carbocycles. The highest BCUT2D eigenvalue weighted by Gasteiger charge is 2.13. The maximum atomic E-state index is 5.59. The number of halogens is 1. The molecule has 1 fully saturated rings. The highest BCUT2D eigenvalue weighted by molar-refractivity contribution is 9.10. The molecule has 0 atom stereocenters. The van der Waals surface area contributed by atoms with Gasteiger partial charge in [0.25, 0.3) is 0 Å². The first kappa shape index (κ1) is 14.8. The smallest absolute Gasteiger partial charge is 0.226 e. The van der Waals surface area contributed by atoms with Gasteiger partial charge in [0.15, 0.2) is 0 Å². The monoisotopic (exact) mass is 348 g/mol. The average Bonchev–Trinajstić information content (AvgIpc) is 2.81. The molecule has 1 N–H and O–H groups in total. The Morgan fingerprint density at radius 3 is 2.52 bits per heavy atom. The fourth-order valence-electron chi connectivity index (χ4n) is 2.85. The third-order valence-electron chi connectivity index (χ3n) is 4.07. The number of hydrogen-bond donors (Lipinski definition) is 1.